The van der Waals surface area contributed by atoms with Gasteiger partial charge >= 0.3 is 0 Å². The van der Waals surface area contributed by atoms with E-state index in [9.17, 15) is 0 Å². The number of hydrogen-bond donors (Lipinski definition) is 1. The van der Waals surface area contributed by atoms with Gasteiger partial charge < -0.3 is 43.2 Å². The second-order valence-electron chi connectivity index (χ2n) is 8.99. The minimum atomic E-state index is 0. The quantitative estimate of drug-likeness (QED) is 0.213. The lowest BCUT2D eigenvalue weighted by Gasteiger charge is -2.43. The van der Waals surface area contributed by atoms with Gasteiger partial charge in [-0.2, -0.15) is 0 Å². The molecule has 1 N–H and O–H groups in total. The Kier molecular flexibility index (Phi) is 21.7. The zero-order valence-electron chi connectivity index (χ0n) is 21.8. The highest BCUT2D eigenvalue weighted by atomic mass is 35.5. The molecule has 9 nitrogen and oxygen atoms in total. The van der Waals surface area contributed by atoms with Gasteiger partial charge in [0.1, 0.15) is 0 Å². The van der Waals surface area contributed by atoms with Crippen LogP contribution in [-0.4, -0.2) is 119 Å². The lowest BCUT2D eigenvalue weighted by molar-refractivity contribution is -0.0450. The van der Waals surface area contributed by atoms with Crippen LogP contribution in [0.15, 0.2) is 0 Å². The molecule has 10 heteroatoms. The van der Waals surface area contributed by atoms with Gasteiger partial charge in [-0.25, -0.2) is 0 Å². The molecular weight excluding hydrogens is 478 g/mol. The van der Waals surface area contributed by atoms with E-state index in [4.69, 9.17) is 37.9 Å². The first-order valence-electron chi connectivity index (χ1n) is 13.1. The first kappa shape index (κ1) is 33.0. The minimum absolute atomic E-state index is 0. The van der Waals surface area contributed by atoms with Crippen LogP contribution < -0.4 is 5.32 Å². The molecule has 1 heterocycles. The van der Waals surface area contributed by atoms with Crippen LogP contribution in [-0.2, 0) is 37.9 Å². The van der Waals surface area contributed by atoms with Gasteiger partial charge in [0.15, 0.2) is 0 Å². The smallest absolute Gasteiger partial charge is 0.0704 e. The average molecular weight is 528 g/mol. The van der Waals surface area contributed by atoms with E-state index in [0.29, 0.717) is 104 Å². The van der Waals surface area contributed by atoms with E-state index in [1.54, 1.807) is 7.11 Å². The SMILES string of the molecule is COCCOCCOCCOCCOCCOCCOCCOC1CCC2(CCNCC2)CC1.Cl. The summed E-state index contributed by atoms with van der Waals surface area (Å²) in [5, 5.41) is 3.48. The first-order chi connectivity index (χ1) is 16.8. The monoisotopic (exact) mass is 527 g/mol. The van der Waals surface area contributed by atoms with Crippen molar-refractivity contribution in [2.24, 2.45) is 5.41 Å². The van der Waals surface area contributed by atoms with E-state index in [2.05, 4.69) is 5.32 Å². The molecule has 2 fully saturated rings. The molecule has 35 heavy (non-hydrogen) atoms. The summed E-state index contributed by atoms with van der Waals surface area (Å²) in [5.74, 6) is 0. The van der Waals surface area contributed by atoms with E-state index in [1.807, 2.05) is 0 Å². The van der Waals surface area contributed by atoms with Gasteiger partial charge in [0.05, 0.1) is 98.6 Å². The first-order valence-corrected chi connectivity index (χ1v) is 13.1. The Morgan fingerprint density at radius 3 is 1.31 bits per heavy atom. The van der Waals surface area contributed by atoms with Gasteiger partial charge in [-0.05, 0) is 57.0 Å². The normalized spacial score (nSPS) is 18.1. The van der Waals surface area contributed by atoms with Crippen molar-refractivity contribution in [3.05, 3.63) is 0 Å². The topological polar surface area (TPSA) is 85.9 Å². The van der Waals surface area contributed by atoms with Crippen molar-refractivity contribution in [3.63, 3.8) is 0 Å². The highest BCUT2D eigenvalue weighted by molar-refractivity contribution is 5.85. The van der Waals surface area contributed by atoms with E-state index in [1.165, 1.54) is 51.6 Å². The Morgan fingerprint density at radius 1 is 0.543 bits per heavy atom. The van der Waals surface area contributed by atoms with Gasteiger partial charge in [0.2, 0.25) is 0 Å². The summed E-state index contributed by atoms with van der Waals surface area (Å²) < 4.78 is 43.7. The molecule has 1 saturated heterocycles. The van der Waals surface area contributed by atoms with Crippen molar-refractivity contribution in [3.8, 4) is 0 Å². The number of piperidine rings is 1. The molecule has 210 valence electrons. The Morgan fingerprint density at radius 2 is 0.914 bits per heavy atom. The van der Waals surface area contributed by atoms with Gasteiger partial charge in [-0.1, -0.05) is 0 Å². The van der Waals surface area contributed by atoms with Crippen LogP contribution in [0.1, 0.15) is 38.5 Å². The number of ether oxygens (including phenoxy) is 8. The second-order valence-corrected chi connectivity index (χ2v) is 8.99. The number of hydrogen-bond acceptors (Lipinski definition) is 9. The summed E-state index contributed by atoms with van der Waals surface area (Å²) >= 11 is 0. The lowest BCUT2D eigenvalue weighted by atomic mass is 9.68. The molecule has 0 aromatic heterocycles. The Balaban J connectivity index is 0.00000612. The molecule has 1 aliphatic carbocycles. The molecule has 1 saturated carbocycles. The van der Waals surface area contributed by atoms with Crippen LogP contribution in [0.3, 0.4) is 0 Å². The van der Waals surface area contributed by atoms with Crippen molar-refractivity contribution < 1.29 is 37.9 Å². The second kappa shape index (κ2) is 23.1. The maximum atomic E-state index is 6.02. The highest BCUT2D eigenvalue weighted by Crippen LogP contribution is 2.43. The van der Waals surface area contributed by atoms with E-state index >= 15 is 0 Å². The number of rotatable bonds is 22. The number of halogens is 1. The molecule has 1 aliphatic heterocycles. The zero-order chi connectivity index (χ0) is 24.0. The third-order valence-corrected chi connectivity index (χ3v) is 6.53. The zero-order valence-corrected chi connectivity index (χ0v) is 22.6. The van der Waals surface area contributed by atoms with Crippen molar-refractivity contribution in [2.45, 2.75) is 44.6 Å². The summed E-state index contributed by atoms with van der Waals surface area (Å²) in [6.07, 6.45) is 8.14. The van der Waals surface area contributed by atoms with E-state index < -0.39 is 0 Å². The summed E-state index contributed by atoms with van der Waals surface area (Å²) in [4.78, 5) is 0. The fourth-order valence-electron chi connectivity index (χ4n) is 4.45. The van der Waals surface area contributed by atoms with Gasteiger partial charge in [-0.3, -0.25) is 0 Å². The van der Waals surface area contributed by atoms with Crippen LogP contribution in [0.4, 0.5) is 0 Å². The summed E-state index contributed by atoms with van der Waals surface area (Å²) in [6, 6.07) is 0. The molecule has 2 rings (SSSR count). The molecule has 0 radical (unpaired) electrons. The standard InChI is InChI=1S/C25H49NO8.ClH/c1-27-10-11-28-12-13-29-14-15-30-16-17-31-18-19-32-20-21-33-22-23-34-24-2-4-25(5-3-24)6-8-26-9-7-25;/h24,26H,2-23H2,1H3;1H. The molecule has 0 bridgehead atoms. The molecule has 2 aliphatic rings. The molecule has 0 atom stereocenters. The maximum Gasteiger partial charge on any atom is 0.0704 e. The average Bonchev–Trinajstić information content (AvgIpc) is 2.87. The van der Waals surface area contributed by atoms with Gasteiger partial charge in [-0.15, -0.1) is 12.4 Å². The maximum absolute atomic E-state index is 6.02. The van der Waals surface area contributed by atoms with E-state index in [-0.39, 0.29) is 12.4 Å². The molecule has 1 spiro atoms. The Hall–Kier alpha value is -0.0700. The van der Waals surface area contributed by atoms with Crippen LogP contribution in [0, 0.1) is 5.41 Å². The fourth-order valence-corrected chi connectivity index (χ4v) is 4.45. The van der Waals surface area contributed by atoms with Gasteiger partial charge in [0.25, 0.3) is 0 Å². The summed E-state index contributed by atoms with van der Waals surface area (Å²) in [6.45, 7) is 10.5. The van der Waals surface area contributed by atoms with Crippen molar-refractivity contribution in [2.75, 3.05) is 113 Å². The molecule has 0 aromatic carbocycles. The van der Waals surface area contributed by atoms with Crippen molar-refractivity contribution >= 4 is 12.4 Å². The Labute approximate surface area is 218 Å². The summed E-state index contributed by atoms with van der Waals surface area (Å²) in [7, 11) is 1.65. The predicted molar refractivity (Wildman–Crippen MR) is 137 cm³/mol. The third-order valence-electron chi connectivity index (χ3n) is 6.53. The van der Waals surface area contributed by atoms with Gasteiger partial charge in [0, 0.05) is 7.11 Å². The number of nitrogens with one attached hydrogen (secondary N) is 1. The van der Waals surface area contributed by atoms with Crippen LogP contribution >= 0.6 is 12.4 Å². The molecule has 0 amide bonds. The fraction of sp³-hybridized carbons (Fsp3) is 1.00. The number of methoxy groups -OCH3 is 1. The Bertz CT molecular complexity index is 447. The van der Waals surface area contributed by atoms with Crippen molar-refractivity contribution in [1.82, 2.24) is 5.32 Å². The predicted octanol–water partition coefficient (Wildman–Crippen LogP) is 2.48. The molecular formula is C25H50ClNO8. The third kappa shape index (κ3) is 17.1. The lowest BCUT2D eigenvalue weighted by Crippen LogP contribution is -2.40. The highest BCUT2D eigenvalue weighted by Gasteiger charge is 2.36. The largest absolute Gasteiger partial charge is 0.382 e. The van der Waals surface area contributed by atoms with Crippen LogP contribution in [0.5, 0.6) is 0 Å². The molecule has 0 unspecified atom stereocenters. The molecule has 0 aromatic rings. The van der Waals surface area contributed by atoms with Crippen LogP contribution in [0.2, 0.25) is 0 Å². The minimum Gasteiger partial charge on any atom is -0.382 e. The summed E-state index contributed by atoms with van der Waals surface area (Å²) in [5.41, 5.74) is 0.602. The van der Waals surface area contributed by atoms with E-state index in [0.717, 1.165) is 0 Å². The van der Waals surface area contributed by atoms with Crippen LogP contribution in [0.25, 0.3) is 0 Å². The van der Waals surface area contributed by atoms with Crippen molar-refractivity contribution in [1.29, 1.82) is 0 Å².